The van der Waals surface area contributed by atoms with E-state index in [0.29, 0.717) is 29.7 Å². The molecule has 0 aromatic carbocycles. The van der Waals surface area contributed by atoms with E-state index in [-0.39, 0.29) is 52.6 Å². The van der Waals surface area contributed by atoms with E-state index in [1.165, 1.54) is 7.11 Å². The number of nitrogens with one attached hydrogen (secondary N) is 1. The average molecular weight is 527 g/mol. The van der Waals surface area contributed by atoms with Crippen LogP contribution >= 0.6 is 0 Å². The second-order valence-corrected chi connectivity index (χ2v) is 13.4. The van der Waals surface area contributed by atoms with E-state index in [1.54, 1.807) is 24.5 Å². The highest BCUT2D eigenvalue weighted by molar-refractivity contribution is 5.94. The second kappa shape index (κ2) is 10.5. The van der Waals surface area contributed by atoms with Crippen LogP contribution in [0.3, 0.4) is 0 Å². The Labute approximate surface area is 227 Å². The number of hydrogen-bond acceptors (Lipinski definition) is 6. The summed E-state index contributed by atoms with van der Waals surface area (Å²) in [6.07, 6.45) is 10.0. The first-order chi connectivity index (χ1) is 18.1. The summed E-state index contributed by atoms with van der Waals surface area (Å²) in [4.78, 5) is 28.6. The Morgan fingerprint density at radius 2 is 1.95 bits per heavy atom. The topological polar surface area (TPSA) is 109 Å². The van der Waals surface area contributed by atoms with Crippen molar-refractivity contribution in [3.63, 3.8) is 0 Å². The predicted molar refractivity (Wildman–Crippen MR) is 144 cm³/mol. The number of carbonyl (C=O) groups excluding carboxylic acids is 2. The molecule has 3 N–H and O–H groups in total. The monoisotopic (exact) mass is 526 g/mol. The lowest BCUT2D eigenvalue weighted by Crippen LogP contribution is -2.63. The number of aromatic nitrogens is 1. The molecule has 4 saturated carbocycles. The van der Waals surface area contributed by atoms with Gasteiger partial charge >= 0.3 is 5.97 Å². The van der Waals surface area contributed by atoms with E-state index in [0.717, 1.165) is 51.4 Å². The lowest BCUT2D eigenvalue weighted by molar-refractivity contribution is -0.202. The number of ether oxygens (including phenoxy) is 1. The molecule has 0 saturated heterocycles. The number of carbonyl (C=O) groups is 2. The highest BCUT2D eigenvalue weighted by Gasteiger charge is 2.65. The fraction of sp³-hybridized carbons (Fsp3) is 0.774. The van der Waals surface area contributed by atoms with Crippen LogP contribution in [0.1, 0.15) is 88.9 Å². The van der Waals surface area contributed by atoms with Gasteiger partial charge in [-0.3, -0.25) is 14.6 Å². The lowest BCUT2D eigenvalue weighted by atomic mass is 9.43. The van der Waals surface area contributed by atoms with Crippen molar-refractivity contribution < 1.29 is 24.5 Å². The molecule has 5 rings (SSSR count). The van der Waals surface area contributed by atoms with E-state index >= 15 is 0 Å². The van der Waals surface area contributed by atoms with Gasteiger partial charge in [-0.05, 0) is 110 Å². The molecule has 4 fully saturated rings. The molecule has 1 aromatic rings. The molecule has 38 heavy (non-hydrogen) atoms. The van der Waals surface area contributed by atoms with E-state index < -0.39 is 6.10 Å². The molecule has 4 aliphatic rings. The van der Waals surface area contributed by atoms with Crippen LogP contribution in [-0.2, 0) is 9.53 Å². The van der Waals surface area contributed by atoms with Gasteiger partial charge < -0.3 is 20.3 Å². The summed E-state index contributed by atoms with van der Waals surface area (Å²) in [5, 5.41) is 26.6. The summed E-state index contributed by atoms with van der Waals surface area (Å²) in [6, 6.07) is 3.66. The van der Waals surface area contributed by atoms with Crippen LogP contribution < -0.4 is 5.32 Å². The van der Waals surface area contributed by atoms with E-state index in [9.17, 15) is 19.8 Å². The number of rotatable bonds is 6. The minimum absolute atomic E-state index is 0.0519. The Kier molecular flexibility index (Phi) is 7.64. The maximum Gasteiger partial charge on any atom is 0.305 e. The van der Waals surface area contributed by atoms with Crippen molar-refractivity contribution >= 4 is 11.9 Å². The Hall–Kier alpha value is -1.99. The molecule has 4 aliphatic carbocycles. The van der Waals surface area contributed by atoms with Crippen molar-refractivity contribution in [1.29, 1.82) is 0 Å². The smallest absolute Gasteiger partial charge is 0.305 e. The normalized spacial score (nSPS) is 42.8. The Morgan fingerprint density at radius 1 is 1.16 bits per heavy atom. The van der Waals surface area contributed by atoms with Crippen molar-refractivity contribution in [3.05, 3.63) is 30.1 Å². The van der Waals surface area contributed by atoms with Crippen molar-refractivity contribution in [2.24, 2.45) is 46.3 Å². The number of pyridine rings is 1. The van der Waals surface area contributed by atoms with Crippen LogP contribution in [0.15, 0.2) is 24.5 Å². The molecule has 0 spiro atoms. The fourth-order valence-electron chi connectivity index (χ4n) is 9.70. The van der Waals surface area contributed by atoms with E-state index in [2.05, 4.69) is 31.1 Å². The molecular weight excluding hydrogens is 480 g/mol. The van der Waals surface area contributed by atoms with Crippen molar-refractivity contribution in [3.8, 4) is 0 Å². The van der Waals surface area contributed by atoms with Crippen LogP contribution in [0.5, 0.6) is 0 Å². The zero-order valence-corrected chi connectivity index (χ0v) is 23.4. The van der Waals surface area contributed by atoms with E-state index in [4.69, 9.17) is 4.74 Å². The van der Waals surface area contributed by atoms with Gasteiger partial charge in [0.2, 0.25) is 0 Å². The minimum Gasteiger partial charge on any atom is -0.469 e. The van der Waals surface area contributed by atoms with Gasteiger partial charge in [0.1, 0.15) is 0 Å². The number of aliphatic hydroxyl groups excluding tert-OH is 2. The van der Waals surface area contributed by atoms with Crippen molar-refractivity contribution in [2.75, 3.05) is 7.11 Å². The molecule has 1 amide bonds. The van der Waals surface area contributed by atoms with Gasteiger partial charge in [0.15, 0.2) is 0 Å². The standard InChI is InChI=1S/C31H46N2O5/c1-18(7-10-27(36)38-4)22-8-9-23-28-24(16-26(35)31(22,23)3)30(2)12-11-21(14-20(30)15-25(28)34)33-29(37)19-6-5-13-32-17-19/h5-6,13,17-18,20-26,28,34-35H,7-12,14-16H2,1-4H3,(H,33,37)/t18-,20+,21+,22-,23+,24+,25-,26+,28+,30+,31-/m1/s1. The van der Waals surface area contributed by atoms with Gasteiger partial charge in [-0.1, -0.05) is 20.8 Å². The van der Waals surface area contributed by atoms with Gasteiger partial charge in [0, 0.05) is 24.9 Å². The summed E-state index contributed by atoms with van der Waals surface area (Å²) < 4.78 is 4.87. The molecule has 7 heteroatoms. The second-order valence-electron chi connectivity index (χ2n) is 13.4. The maximum absolute atomic E-state index is 12.8. The molecule has 11 atom stereocenters. The molecule has 0 bridgehead atoms. The summed E-state index contributed by atoms with van der Waals surface area (Å²) in [5.74, 6) is 1.49. The largest absolute Gasteiger partial charge is 0.469 e. The molecule has 1 aromatic heterocycles. The maximum atomic E-state index is 12.8. The summed E-state index contributed by atoms with van der Waals surface area (Å²) in [6.45, 7) is 6.87. The molecule has 7 nitrogen and oxygen atoms in total. The first kappa shape index (κ1) is 27.6. The van der Waals surface area contributed by atoms with E-state index in [1.807, 2.05) is 0 Å². The Morgan fingerprint density at radius 3 is 2.66 bits per heavy atom. The number of fused-ring (bicyclic) bond motifs is 5. The van der Waals surface area contributed by atoms with Crippen LogP contribution in [0, 0.1) is 46.3 Å². The van der Waals surface area contributed by atoms with Gasteiger partial charge in [0.25, 0.3) is 5.91 Å². The van der Waals surface area contributed by atoms with Crippen LogP contribution in [-0.4, -0.2) is 52.4 Å². The third-order valence-corrected chi connectivity index (χ3v) is 11.8. The van der Waals surface area contributed by atoms with Crippen LogP contribution in [0.4, 0.5) is 0 Å². The Balaban J connectivity index is 1.30. The fourth-order valence-corrected chi connectivity index (χ4v) is 9.70. The van der Waals surface area contributed by atoms with Gasteiger partial charge in [-0.25, -0.2) is 0 Å². The highest BCUT2D eigenvalue weighted by atomic mass is 16.5. The van der Waals surface area contributed by atoms with Gasteiger partial charge in [-0.2, -0.15) is 0 Å². The predicted octanol–water partition coefficient (Wildman–Crippen LogP) is 4.37. The number of aliphatic hydroxyl groups is 2. The van der Waals surface area contributed by atoms with Gasteiger partial charge in [-0.15, -0.1) is 0 Å². The number of amides is 1. The number of hydrogen-bond donors (Lipinski definition) is 3. The molecule has 210 valence electrons. The lowest BCUT2D eigenvalue weighted by Gasteiger charge is -2.63. The summed E-state index contributed by atoms with van der Waals surface area (Å²) in [7, 11) is 1.44. The summed E-state index contributed by atoms with van der Waals surface area (Å²) >= 11 is 0. The Bertz CT molecular complexity index is 1020. The van der Waals surface area contributed by atoms with Crippen LogP contribution in [0.25, 0.3) is 0 Å². The quantitative estimate of drug-likeness (QED) is 0.475. The van der Waals surface area contributed by atoms with Crippen LogP contribution in [0.2, 0.25) is 0 Å². The summed E-state index contributed by atoms with van der Waals surface area (Å²) in [5.41, 5.74) is 0.391. The number of nitrogens with zero attached hydrogens (tertiary/aromatic N) is 1. The molecule has 0 radical (unpaired) electrons. The number of methoxy groups -OCH3 is 1. The molecule has 0 unspecified atom stereocenters. The minimum atomic E-state index is -0.410. The third-order valence-electron chi connectivity index (χ3n) is 11.8. The third kappa shape index (κ3) is 4.57. The SMILES string of the molecule is COC(=O)CC[C@@H](C)[C@H]1CC[C@H]2[C@@H]3[C@H](O)C[C@@H]4C[C@@H](NC(=O)c5cccnc5)CC[C@]4(C)[C@H]3C[C@H](O)[C@]12C. The van der Waals surface area contributed by atoms with Gasteiger partial charge in [0.05, 0.1) is 24.9 Å². The van der Waals surface area contributed by atoms with Crippen molar-refractivity contribution in [1.82, 2.24) is 10.3 Å². The first-order valence-corrected chi connectivity index (χ1v) is 14.7. The number of esters is 1. The van der Waals surface area contributed by atoms with Crippen molar-refractivity contribution in [2.45, 2.75) is 96.8 Å². The highest BCUT2D eigenvalue weighted by Crippen LogP contribution is 2.68. The molecule has 0 aliphatic heterocycles. The first-order valence-electron chi connectivity index (χ1n) is 14.7. The zero-order valence-electron chi connectivity index (χ0n) is 23.4. The average Bonchev–Trinajstić information content (AvgIpc) is 3.27. The zero-order chi connectivity index (χ0) is 27.2. The molecular formula is C31H46N2O5. The molecule has 1 heterocycles.